The molecule has 4 rings (SSSR count). The highest BCUT2D eigenvalue weighted by Gasteiger charge is 2.26. The fraction of sp³-hybridized carbons (Fsp3) is 0.182. The standard InChI is InChI=1S/C22H21N3O4S/c26-22(24-23-16-19-8-3-6-17-5-1-2-10-21(17)19)18-7-4-9-20(15-18)30(27,28)25-11-13-29-14-12-25/h1-10,15-16H,11-14H2,(H,24,26). The second-order valence-corrected chi connectivity index (χ2v) is 8.75. The van der Waals surface area contributed by atoms with Crippen LogP contribution in [0.5, 0.6) is 0 Å². The number of benzene rings is 3. The van der Waals surface area contributed by atoms with Crippen LogP contribution in [0.1, 0.15) is 15.9 Å². The predicted molar refractivity (Wildman–Crippen MR) is 115 cm³/mol. The number of hydrogen-bond donors (Lipinski definition) is 1. The first-order valence-electron chi connectivity index (χ1n) is 9.55. The Labute approximate surface area is 175 Å². The summed E-state index contributed by atoms with van der Waals surface area (Å²) in [6.45, 7) is 1.33. The van der Waals surface area contributed by atoms with Crippen LogP contribution in [0.4, 0.5) is 0 Å². The third kappa shape index (κ3) is 4.25. The van der Waals surface area contributed by atoms with Gasteiger partial charge in [0, 0.05) is 24.2 Å². The Morgan fingerprint density at radius 1 is 1.00 bits per heavy atom. The van der Waals surface area contributed by atoms with Crippen LogP contribution in [0.15, 0.2) is 76.7 Å². The molecule has 3 aromatic carbocycles. The average molecular weight is 423 g/mol. The van der Waals surface area contributed by atoms with E-state index in [-0.39, 0.29) is 10.5 Å². The largest absolute Gasteiger partial charge is 0.379 e. The quantitative estimate of drug-likeness (QED) is 0.505. The number of hydrogen-bond acceptors (Lipinski definition) is 5. The summed E-state index contributed by atoms with van der Waals surface area (Å²) in [5.74, 6) is -0.481. The third-order valence-electron chi connectivity index (χ3n) is 4.90. The van der Waals surface area contributed by atoms with E-state index in [4.69, 9.17) is 4.74 Å². The first-order chi connectivity index (χ1) is 14.6. The van der Waals surface area contributed by atoms with Crippen LogP contribution >= 0.6 is 0 Å². The Morgan fingerprint density at radius 3 is 2.57 bits per heavy atom. The molecule has 0 unspecified atom stereocenters. The van der Waals surface area contributed by atoms with Gasteiger partial charge in [-0.15, -0.1) is 0 Å². The van der Waals surface area contributed by atoms with Crippen LogP contribution < -0.4 is 5.43 Å². The number of fused-ring (bicyclic) bond motifs is 1. The number of carbonyl (C=O) groups excluding carboxylic acids is 1. The van der Waals surface area contributed by atoms with Gasteiger partial charge in [0.05, 0.1) is 24.3 Å². The van der Waals surface area contributed by atoms with Crippen molar-refractivity contribution in [2.24, 2.45) is 5.10 Å². The van der Waals surface area contributed by atoms with Crippen molar-refractivity contribution in [3.63, 3.8) is 0 Å². The summed E-state index contributed by atoms with van der Waals surface area (Å²) in [6, 6.07) is 19.7. The zero-order valence-corrected chi connectivity index (χ0v) is 17.0. The minimum Gasteiger partial charge on any atom is -0.379 e. The molecule has 0 atom stereocenters. The van der Waals surface area contributed by atoms with E-state index >= 15 is 0 Å². The fourth-order valence-corrected chi connectivity index (χ4v) is 4.78. The first-order valence-corrected chi connectivity index (χ1v) is 11.0. The lowest BCUT2D eigenvalue weighted by Gasteiger charge is -2.26. The summed E-state index contributed by atoms with van der Waals surface area (Å²) in [5, 5.41) is 6.15. The molecule has 1 heterocycles. The maximum absolute atomic E-state index is 12.8. The number of morpholine rings is 1. The molecule has 0 spiro atoms. The normalized spacial score (nSPS) is 15.5. The van der Waals surface area contributed by atoms with Gasteiger partial charge < -0.3 is 4.74 Å². The van der Waals surface area contributed by atoms with E-state index in [9.17, 15) is 13.2 Å². The van der Waals surface area contributed by atoms with E-state index in [0.29, 0.717) is 26.3 Å². The molecule has 0 aromatic heterocycles. The molecule has 8 heteroatoms. The van der Waals surface area contributed by atoms with Gasteiger partial charge in [0.15, 0.2) is 0 Å². The summed E-state index contributed by atoms with van der Waals surface area (Å²) >= 11 is 0. The van der Waals surface area contributed by atoms with Gasteiger partial charge >= 0.3 is 0 Å². The number of amides is 1. The highest BCUT2D eigenvalue weighted by atomic mass is 32.2. The van der Waals surface area contributed by atoms with Crippen molar-refractivity contribution in [1.29, 1.82) is 0 Å². The zero-order valence-electron chi connectivity index (χ0n) is 16.2. The van der Waals surface area contributed by atoms with Gasteiger partial charge in [-0.25, -0.2) is 13.8 Å². The topological polar surface area (TPSA) is 88.1 Å². The van der Waals surface area contributed by atoms with Gasteiger partial charge in [-0.1, -0.05) is 48.5 Å². The monoisotopic (exact) mass is 423 g/mol. The number of ether oxygens (including phenoxy) is 1. The van der Waals surface area contributed by atoms with Gasteiger partial charge in [-0.05, 0) is 29.0 Å². The second kappa shape index (κ2) is 8.74. The molecule has 1 N–H and O–H groups in total. The van der Waals surface area contributed by atoms with Gasteiger partial charge in [0.2, 0.25) is 10.0 Å². The maximum atomic E-state index is 12.8. The Kier molecular flexibility index (Phi) is 5.89. The van der Waals surface area contributed by atoms with Crippen molar-refractivity contribution < 1.29 is 17.9 Å². The molecule has 7 nitrogen and oxygen atoms in total. The minimum atomic E-state index is -3.67. The minimum absolute atomic E-state index is 0.0788. The summed E-state index contributed by atoms with van der Waals surface area (Å²) in [5.41, 5.74) is 3.57. The van der Waals surface area contributed by atoms with E-state index in [1.165, 1.54) is 16.4 Å². The molecule has 0 saturated carbocycles. The van der Waals surface area contributed by atoms with E-state index in [0.717, 1.165) is 16.3 Å². The SMILES string of the molecule is O=C(NN=Cc1cccc2ccccc12)c1cccc(S(=O)(=O)N2CCOCC2)c1. The Morgan fingerprint density at radius 2 is 1.73 bits per heavy atom. The molecular formula is C22H21N3O4S. The molecule has 1 amide bonds. The molecule has 3 aromatic rings. The van der Waals surface area contributed by atoms with Crippen LogP contribution in [0.3, 0.4) is 0 Å². The predicted octanol–water partition coefficient (Wildman–Crippen LogP) is 2.62. The van der Waals surface area contributed by atoms with Crippen molar-refractivity contribution in [3.05, 3.63) is 77.9 Å². The number of carbonyl (C=O) groups is 1. The van der Waals surface area contributed by atoms with Gasteiger partial charge in [0.25, 0.3) is 5.91 Å². The average Bonchev–Trinajstić information content (AvgIpc) is 2.80. The summed E-state index contributed by atoms with van der Waals surface area (Å²) in [7, 11) is -3.67. The lowest BCUT2D eigenvalue weighted by atomic mass is 10.1. The number of nitrogens with one attached hydrogen (secondary N) is 1. The van der Waals surface area contributed by atoms with Crippen molar-refractivity contribution >= 4 is 32.9 Å². The van der Waals surface area contributed by atoms with E-state index in [1.54, 1.807) is 18.3 Å². The van der Waals surface area contributed by atoms with Crippen molar-refractivity contribution in [2.75, 3.05) is 26.3 Å². The lowest BCUT2D eigenvalue weighted by molar-refractivity contribution is 0.0730. The van der Waals surface area contributed by atoms with Crippen molar-refractivity contribution in [1.82, 2.24) is 9.73 Å². The van der Waals surface area contributed by atoms with E-state index < -0.39 is 15.9 Å². The third-order valence-corrected chi connectivity index (χ3v) is 6.79. The van der Waals surface area contributed by atoms with Crippen LogP contribution in [-0.4, -0.2) is 51.1 Å². The van der Waals surface area contributed by atoms with Gasteiger partial charge in [-0.3, -0.25) is 4.79 Å². The van der Waals surface area contributed by atoms with E-state index in [1.807, 2.05) is 42.5 Å². The smallest absolute Gasteiger partial charge is 0.271 e. The van der Waals surface area contributed by atoms with Crippen molar-refractivity contribution in [2.45, 2.75) is 4.90 Å². The molecule has 1 saturated heterocycles. The Balaban J connectivity index is 1.50. The van der Waals surface area contributed by atoms with E-state index in [2.05, 4.69) is 10.5 Å². The summed E-state index contributed by atoms with van der Waals surface area (Å²) < 4.78 is 32.2. The van der Waals surface area contributed by atoms with Crippen LogP contribution in [0, 0.1) is 0 Å². The molecular weight excluding hydrogens is 402 g/mol. The Hall–Kier alpha value is -3.07. The molecule has 1 aliphatic rings. The van der Waals surface area contributed by atoms with Gasteiger partial charge in [0.1, 0.15) is 0 Å². The zero-order chi connectivity index (χ0) is 21.0. The Bertz CT molecular complexity index is 1200. The van der Waals surface area contributed by atoms with Gasteiger partial charge in [-0.2, -0.15) is 9.41 Å². The van der Waals surface area contributed by atoms with Crippen LogP contribution in [0.25, 0.3) is 10.8 Å². The molecule has 30 heavy (non-hydrogen) atoms. The molecule has 0 bridgehead atoms. The molecule has 0 aliphatic carbocycles. The molecule has 1 fully saturated rings. The molecule has 154 valence electrons. The van der Waals surface area contributed by atoms with Crippen LogP contribution in [0.2, 0.25) is 0 Å². The second-order valence-electron chi connectivity index (χ2n) is 6.81. The summed E-state index contributed by atoms with van der Waals surface area (Å²) in [4.78, 5) is 12.6. The number of rotatable bonds is 5. The summed E-state index contributed by atoms with van der Waals surface area (Å²) in [6.07, 6.45) is 1.58. The molecule has 1 aliphatic heterocycles. The number of nitrogens with zero attached hydrogens (tertiary/aromatic N) is 2. The molecule has 0 radical (unpaired) electrons. The van der Waals surface area contributed by atoms with Crippen LogP contribution in [-0.2, 0) is 14.8 Å². The number of sulfonamides is 1. The lowest BCUT2D eigenvalue weighted by Crippen LogP contribution is -2.40. The highest BCUT2D eigenvalue weighted by molar-refractivity contribution is 7.89. The van der Waals surface area contributed by atoms with Crippen molar-refractivity contribution in [3.8, 4) is 0 Å². The highest BCUT2D eigenvalue weighted by Crippen LogP contribution is 2.19. The first kappa shape index (κ1) is 20.2. The maximum Gasteiger partial charge on any atom is 0.271 e. The number of hydrazone groups is 1. The fourth-order valence-electron chi connectivity index (χ4n) is 3.32.